The first-order chi connectivity index (χ1) is 8.78. The molecule has 0 amide bonds. The molecule has 0 fully saturated rings. The second kappa shape index (κ2) is 16.0. The van der Waals surface area contributed by atoms with Crippen LogP contribution in [0.25, 0.3) is 0 Å². The molecule has 0 atom stereocenters. The fourth-order valence-corrected chi connectivity index (χ4v) is 1.77. The highest BCUT2D eigenvalue weighted by molar-refractivity contribution is 14.0. The summed E-state index contributed by atoms with van der Waals surface area (Å²) in [5, 5.41) is 6.68. The molecule has 116 valence electrons. The SMILES string of the molecule is CCCCCN=C(NCC)NCCN(CC)CC.I. The third-order valence-corrected chi connectivity index (χ3v) is 2.99. The van der Waals surface area contributed by atoms with E-state index in [-0.39, 0.29) is 24.0 Å². The van der Waals surface area contributed by atoms with Crippen molar-refractivity contribution in [1.82, 2.24) is 15.5 Å². The van der Waals surface area contributed by atoms with Crippen LogP contribution in [-0.4, -0.2) is 50.1 Å². The molecule has 0 saturated heterocycles. The molecular formula is C14H33IN4. The summed E-state index contributed by atoms with van der Waals surface area (Å²) < 4.78 is 0. The molecule has 5 heteroatoms. The predicted octanol–water partition coefficient (Wildman–Crippen LogP) is 2.69. The van der Waals surface area contributed by atoms with Crippen LogP contribution in [0.5, 0.6) is 0 Å². The molecule has 0 aromatic rings. The van der Waals surface area contributed by atoms with Crippen LogP contribution in [0.2, 0.25) is 0 Å². The second-order valence-electron chi connectivity index (χ2n) is 4.42. The van der Waals surface area contributed by atoms with Crippen LogP contribution in [0.15, 0.2) is 4.99 Å². The van der Waals surface area contributed by atoms with Crippen molar-refractivity contribution in [3.05, 3.63) is 0 Å². The summed E-state index contributed by atoms with van der Waals surface area (Å²) in [7, 11) is 0. The summed E-state index contributed by atoms with van der Waals surface area (Å²) in [5.74, 6) is 0.959. The molecule has 0 spiro atoms. The van der Waals surface area contributed by atoms with Crippen LogP contribution >= 0.6 is 24.0 Å². The van der Waals surface area contributed by atoms with Crippen molar-refractivity contribution in [2.75, 3.05) is 39.3 Å². The minimum atomic E-state index is 0. The minimum absolute atomic E-state index is 0. The Morgan fingerprint density at radius 2 is 1.68 bits per heavy atom. The third-order valence-electron chi connectivity index (χ3n) is 2.99. The van der Waals surface area contributed by atoms with Gasteiger partial charge in [0.1, 0.15) is 0 Å². The van der Waals surface area contributed by atoms with Crippen LogP contribution in [0, 0.1) is 0 Å². The van der Waals surface area contributed by atoms with Crippen LogP contribution < -0.4 is 10.6 Å². The normalized spacial score (nSPS) is 11.3. The molecule has 0 heterocycles. The summed E-state index contributed by atoms with van der Waals surface area (Å²) in [6, 6.07) is 0. The van der Waals surface area contributed by atoms with E-state index in [1.54, 1.807) is 0 Å². The Balaban J connectivity index is 0. The molecular weight excluding hydrogens is 351 g/mol. The van der Waals surface area contributed by atoms with Gasteiger partial charge in [0, 0.05) is 26.2 Å². The fourth-order valence-electron chi connectivity index (χ4n) is 1.77. The fraction of sp³-hybridized carbons (Fsp3) is 0.929. The van der Waals surface area contributed by atoms with Crippen molar-refractivity contribution in [2.24, 2.45) is 4.99 Å². The minimum Gasteiger partial charge on any atom is -0.357 e. The molecule has 0 aliphatic carbocycles. The smallest absolute Gasteiger partial charge is 0.191 e. The summed E-state index contributed by atoms with van der Waals surface area (Å²) in [5.41, 5.74) is 0. The van der Waals surface area contributed by atoms with E-state index in [9.17, 15) is 0 Å². The maximum atomic E-state index is 4.58. The van der Waals surface area contributed by atoms with Crippen molar-refractivity contribution >= 4 is 29.9 Å². The molecule has 0 rings (SSSR count). The molecule has 0 aromatic heterocycles. The monoisotopic (exact) mass is 384 g/mol. The van der Waals surface area contributed by atoms with E-state index < -0.39 is 0 Å². The Morgan fingerprint density at radius 1 is 1.00 bits per heavy atom. The van der Waals surface area contributed by atoms with Gasteiger partial charge in [-0.2, -0.15) is 0 Å². The van der Waals surface area contributed by atoms with E-state index in [0.717, 1.165) is 45.2 Å². The van der Waals surface area contributed by atoms with E-state index in [0.29, 0.717) is 0 Å². The highest BCUT2D eigenvalue weighted by atomic mass is 127. The number of aliphatic imine (C=N–C) groups is 1. The van der Waals surface area contributed by atoms with Gasteiger partial charge in [0.25, 0.3) is 0 Å². The van der Waals surface area contributed by atoms with Crippen LogP contribution in [-0.2, 0) is 0 Å². The van der Waals surface area contributed by atoms with Gasteiger partial charge in [-0.25, -0.2) is 0 Å². The summed E-state index contributed by atoms with van der Waals surface area (Å²) in [6.45, 7) is 14.8. The van der Waals surface area contributed by atoms with Crippen molar-refractivity contribution in [3.8, 4) is 0 Å². The van der Waals surface area contributed by atoms with Crippen LogP contribution in [0.3, 0.4) is 0 Å². The Bertz CT molecular complexity index is 206. The van der Waals surface area contributed by atoms with Gasteiger partial charge in [-0.15, -0.1) is 24.0 Å². The van der Waals surface area contributed by atoms with E-state index >= 15 is 0 Å². The Labute approximate surface area is 136 Å². The molecule has 0 radical (unpaired) electrons. The highest BCUT2D eigenvalue weighted by Crippen LogP contribution is 1.93. The quantitative estimate of drug-likeness (QED) is 0.263. The van der Waals surface area contributed by atoms with E-state index in [4.69, 9.17) is 0 Å². The first-order valence-electron chi connectivity index (χ1n) is 7.52. The molecule has 4 nitrogen and oxygen atoms in total. The number of nitrogens with zero attached hydrogens (tertiary/aromatic N) is 2. The molecule has 0 bridgehead atoms. The molecule has 0 saturated carbocycles. The maximum absolute atomic E-state index is 4.58. The third kappa shape index (κ3) is 12.7. The maximum Gasteiger partial charge on any atom is 0.191 e. The zero-order valence-electron chi connectivity index (χ0n) is 13.2. The number of halogens is 1. The second-order valence-corrected chi connectivity index (χ2v) is 4.42. The first kappa shape index (κ1) is 21.3. The predicted molar refractivity (Wildman–Crippen MR) is 96.7 cm³/mol. The van der Waals surface area contributed by atoms with Crippen molar-refractivity contribution in [1.29, 1.82) is 0 Å². The molecule has 0 aliphatic heterocycles. The van der Waals surface area contributed by atoms with Gasteiger partial charge < -0.3 is 15.5 Å². The lowest BCUT2D eigenvalue weighted by Gasteiger charge is -2.19. The number of unbranched alkanes of at least 4 members (excludes halogenated alkanes) is 2. The van der Waals surface area contributed by atoms with Crippen molar-refractivity contribution < 1.29 is 0 Å². The number of rotatable bonds is 10. The number of likely N-dealkylation sites (N-methyl/N-ethyl adjacent to an activating group) is 1. The molecule has 0 unspecified atom stereocenters. The summed E-state index contributed by atoms with van der Waals surface area (Å²) >= 11 is 0. The Morgan fingerprint density at radius 3 is 2.21 bits per heavy atom. The van der Waals surface area contributed by atoms with Crippen LogP contribution in [0.4, 0.5) is 0 Å². The van der Waals surface area contributed by atoms with Gasteiger partial charge in [0.05, 0.1) is 0 Å². The van der Waals surface area contributed by atoms with Crippen molar-refractivity contribution in [2.45, 2.75) is 47.0 Å². The lowest BCUT2D eigenvalue weighted by Crippen LogP contribution is -2.41. The van der Waals surface area contributed by atoms with Gasteiger partial charge >= 0.3 is 0 Å². The number of hydrogen-bond donors (Lipinski definition) is 2. The zero-order chi connectivity index (χ0) is 13.6. The van der Waals surface area contributed by atoms with E-state index in [1.165, 1.54) is 19.3 Å². The Hall–Kier alpha value is -0.0400. The summed E-state index contributed by atoms with van der Waals surface area (Å²) in [4.78, 5) is 6.99. The zero-order valence-corrected chi connectivity index (χ0v) is 15.5. The standard InChI is InChI=1S/C14H32N4.HI/c1-5-9-10-11-16-14(15-6-2)17-12-13-18(7-3)8-4;/h5-13H2,1-4H3,(H2,15,16,17);1H. The van der Waals surface area contributed by atoms with Gasteiger partial charge in [0.15, 0.2) is 5.96 Å². The number of guanidine groups is 1. The summed E-state index contributed by atoms with van der Waals surface area (Å²) in [6.07, 6.45) is 3.70. The molecule has 0 aliphatic rings. The van der Waals surface area contributed by atoms with Gasteiger partial charge in [0.2, 0.25) is 0 Å². The molecule has 2 N–H and O–H groups in total. The molecule has 19 heavy (non-hydrogen) atoms. The average Bonchev–Trinajstić information content (AvgIpc) is 2.39. The lowest BCUT2D eigenvalue weighted by atomic mass is 10.2. The van der Waals surface area contributed by atoms with E-state index in [2.05, 4.69) is 48.2 Å². The van der Waals surface area contributed by atoms with E-state index in [1.807, 2.05) is 0 Å². The number of hydrogen-bond acceptors (Lipinski definition) is 2. The lowest BCUT2D eigenvalue weighted by molar-refractivity contribution is 0.308. The van der Waals surface area contributed by atoms with Gasteiger partial charge in [-0.1, -0.05) is 33.6 Å². The Kier molecular flexibility index (Phi) is 17.9. The van der Waals surface area contributed by atoms with Gasteiger partial charge in [-0.3, -0.25) is 4.99 Å². The largest absolute Gasteiger partial charge is 0.357 e. The van der Waals surface area contributed by atoms with Gasteiger partial charge in [-0.05, 0) is 26.4 Å². The topological polar surface area (TPSA) is 39.7 Å². The molecule has 0 aromatic carbocycles. The first-order valence-corrected chi connectivity index (χ1v) is 7.52. The number of nitrogens with one attached hydrogen (secondary N) is 2. The van der Waals surface area contributed by atoms with Crippen molar-refractivity contribution in [3.63, 3.8) is 0 Å². The average molecular weight is 384 g/mol. The highest BCUT2D eigenvalue weighted by Gasteiger charge is 2.00. The van der Waals surface area contributed by atoms with Crippen LogP contribution in [0.1, 0.15) is 47.0 Å².